The number of fused-ring (bicyclic) bond motifs is 1. The number of benzene rings is 1. The molecular weight excluding hydrogens is 334 g/mol. The first kappa shape index (κ1) is 16.1. The Morgan fingerprint density at radius 3 is 3.04 bits per heavy atom. The molecule has 0 N–H and O–H groups in total. The van der Waals surface area contributed by atoms with Crippen molar-refractivity contribution < 1.29 is 9.53 Å². The van der Waals surface area contributed by atoms with Gasteiger partial charge in [0.25, 0.3) is 5.91 Å². The maximum atomic E-state index is 13.0. The lowest BCUT2D eigenvalue weighted by Gasteiger charge is -2.33. The standard InChI is InChI=1S/C19H21N3O2S/c1-13-6-3-4-9-21(13)18(23)17-12-25-19-20-16(11-22(17)19)14-7-5-8-15(10-14)24-2/h5,7-8,10-13H,3-4,6,9H2,1-2H3. The number of likely N-dealkylation sites (tertiary alicyclic amines) is 1. The Labute approximate surface area is 150 Å². The van der Waals surface area contributed by atoms with Gasteiger partial charge in [0.1, 0.15) is 11.4 Å². The number of rotatable bonds is 3. The van der Waals surface area contributed by atoms with E-state index in [-0.39, 0.29) is 5.91 Å². The zero-order valence-electron chi connectivity index (χ0n) is 14.4. The van der Waals surface area contributed by atoms with Crippen LogP contribution in [0.1, 0.15) is 36.7 Å². The Hall–Kier alpha value is -2.34. The van der Waals surface area contributed by atoms with E-state index in [0.717, 1.165) is 41.4 Å². The monoisotopic (exact) mass is 355 g/mol. The minimum atomic E-state index is 0.105. The molecule has 130 valence electrons. The van der Waals surface area contributed by atoms with Crippen LogP contribution in [0.2, 0.25) is 0 Å². The largest absolute Gasteiger partial charge is 0.497 e. The highest BCUT2D eigenvalue weighted by Gasteiger charge is 2.26. The van der Waals surface area contributed by atoms with Crippen molar-refractivity contribution in [1.29, 1.82) is 0 Å². The van der Waals surface area contributed by atoms with Crippen LogP contribution in [0.5, 0.6) is 5.75 Å². The number of carbonyl (C=O) groups is 1. The number of piperidine rings is 1. The van der Waals surface area contributed by atoms with Gasteiger partial charge in [-0.2, -0.15) is 0 Å². The van der Waals surface area contributed by atoms with Crippen LogP contribution in [0.15, 0.2) is 35.8 Å². The molecule has 25 heavy (non-hydrogen) atoms. The molecule has 2 aromatic heterocycles. The SMILES string of the molecule is COc1cccc(-c2cn3c(C(=O)N4CCCCC4C)csc3n2)c1. The third-order valence-electron chi connectivity index (χ3n) is 4.86. The molecule has 0 bridgehead atoms. The van der Waals surface area contributed by atoms with Gasteiger partial charge in [0.05, 0.1) is 12.8 Å². The molecule has 1 aliphatic rings. The van der Waals surface area contributed by atoms with Crippen LogP contribution in [0.4, 0.5) is 0 Å². The molecule has 4 rings (SSSR count). The summed E-state index contributed by atoms with van der Waals surface area (Å²) in [6, 6.07) is 8.12. The van der Waals surface area contributed by atoms with Gasteiger partial charge < -0.3 is 9.64 Å². The maximum Gasteiger partial charge on any atom is 0.271 e. The first-order valence-corrected chi connectivity index (χ1v) is 9.47. The summed E-state index contributed by atoms with van der Waals surface area (Å²) in [5.74, 6) is 0.903. The first-order valence-electron chi connectivity index (χ1n) is 8.59. The zero-order valence-corrected chi connectivity index (χ0v) is 15.3. The molecule has 1 aromatic carbocycles. The molecule has 0 radical (unpaired) electrons. The minimum absolute atomic E-state index is 0.105. The minimum Gasteiger partial charge on any atom is -0.497 e. The number of carbonyl (C=O) groups excluding carboxylic acids is 1. The summed E-state index contributed by atoms with van der Waals surface area (Å²) in [4.78, 5) is 20.5. The number of imidazole rings is 1. The fourth-order valence-corrected chi connectivity index (χ4v) is 4.25. The van der Waals surface area contributed by atoms with Gasteiger partial charge in [-0.15, -0.1) is 11.3 Å². The summed E-state index contributed by atoms with van der Waals surface area (Å²) in [6.07, 6.45) is 5.32. The molecule has 1 atom stereocenters. The van der Waals surface area contributed by atoms with Gasteiger partial charge in [0, 0.05) is 29.7 Å². The van der Waals surface area contributed by atoms with Gasteiger partial charge in [-0.1, -0.05) is 12.1 Å². The van der Waals surface area contributed by atoms with Crippen LogP contribution in [0.25, 0.3) is 16.2 Å². The molecule has 0 spiro atoms. The van der Waals surface area contributed by atoms with E-state index < -0.39 is 0 Å². The van der Waals surface area contributed by atoms with Crippen LogP contribution >= 0.6 is 11.3 Å². The van der Waals surface area contributed by atoms with Gasteiger partial charge in [0.2, 0.25) is 0 Å². The summed E-state index contributed by atoms with van der Waals surface area (Å²) in [5.41, 5.74) is 2.54. The number of aromatic nitrogens is 2. The lowest BCUT2D eigenvalue weighted by Crippen LogP contribution is -2.42. The molecule has 6 heteroatoms. The molecule has 1 amide bonds. The predicted octanol–water partition coefficient (Wildman–Crippen LogP) is 4.09. The molecule has 1 saturated heterocycles. The Bertz CT molecular complexity index is 914. The average Bonchev–Trinajstić information content (AvgIpc) is 3.22. The molecule has 1 fully saturated rings. The lowest BCUT2D eigenvalue weighted by molar-refractivity contribution is 0.0629. The topological polar surface area (TPSA) is 46.8 Å². The molecular formula is C19H21N3O2S. The van der Waals surface area contributed by atoms with Gasteiger partial charge in [-0.3, -0.25) is 9.20 Å². The summed E-state index contributed by atoms with van der Waals surface area (Å²) in [6.45, 7) is 2.98. The molecule has 1 unspecified atom stereocenters. The number of hydrogen-bond acceptors (Lipinski definition) is 4. The quantitative estimate of drug-likeness (QED) is 0.711. The van der Waals surface area contributed by atoms with Gasteiger partial charge >= 0.3 is 0 Å². The number of thiazole rings is 1. The van der Waals surface area contributed by atoms with Gasteiger partial charge in [-0.05, 0) is 38.3 Å². The van der Waals surface area contributed by atoms with E-state index in [1.165, 1.54) is 17.8 Å². The normalized spacial score (nSPS) is 17.8. The molecule has 0 aliphatic carbocycles. The van der Waals surface area contributed by atoms with Crippen molar-refractivity contribution in [2.24, 2.45) is 0 Å². The van der Waals surface area contributed by atoms with Crippen LogP contribution in [-0.4, -0.2) is 39.9 Å². The van der Waals surface area contributed by atoms with E-state index in [9.17, 15) is 4.79 Å². The second-order valence-electron chi connectivity index (χ2n) is 6.47. The highest BCUT2D eigenvalue weighted by Crippen LogP contribution is 2.27. The van der Waals surface area contributed by atoms with E-state index in [0.29, 0.717) is 11.7 Å². The number of nitrogens with zero attached hydrogens (tertiary/aromatic N) is 3. The Morgan fingerprint density at radius 2 is 2.24 bits per heavy atom. The third-order valence-corrected chi connectivity index (χ3v) is 5.70. The molecule has 3 aromatic rings. The zero-order chi connectivity index (χ0) is 17.4. The second-order valence-corrected chi connectivity index (χ2v) is 7.31. The van der Waals surface area contributed by atoms with Crippen molar-refractivity contribution in [3.05, 3.63) is 41.5 Å². The fourth-order valence-electron chi connectivity index (χ4n) is 3.41. The number of ether oxygens (including phenoxy) is 1. The number of methoxy groups -OCH3 is 1. The maximum absolute atomic E-state index is 13.0. The van der Waals surface area contributed by atoms with Crippen molar-refractivity contribution >= 4 is 22.2 Å². The van der Waals surface area contributed by atoms with Crippen molar-refractivity contribution in [1.82, 2.24) is 14.3 Å². The fraction of sp³-hybridized carbons (Fsp3) is 0.368. The summed E-state index contributed by atoms with van der Waals surface area (Å²) in [5, 5.41) is 1.92. The molecule has 3 heterocycles. The lowest BCUT2D eigenvalue weighted by atomic mass is 10.0. The van der Waals surface area contributed by atoms with Crippen LogP contribution in [0.3, 0.4) is 0 Å². The van der Waals surface area contributed by atoms with Crippen molar-refractivity contribution in [3.8, 4) is 17.0 Å². The Kier molecular flexibility index (Phi) is 4.21. The molecule has 0 saturated carbocycles. The molecule has 1 aliphatic heterocycles. The van der Waals surface area contributed by atoms with Crippen molar-refractivity contribution in [2.45, 2.75) is 32.2 Å². The number of hydrogen-bond donors (Lipinski definition) is 0. The van der Waals surface area contributed by atoms with Crippen LogP contribution in [-0.2, 0) is 0 Å². The van der Waals surface area contributed by atoms with E-state index in [1.807, 2.05) is 45.1 Å². The van der Waals surface area contributed by atoms with E-state index in [1.54, 1.807) is 7.11 Å². The first-order chi connectivity index (χ1) is 12.2. The predicted molar refractivity (Wildman–Crippen MR) is 99.4 cm³/mol. The highest BCUT2D eigenvalue weighted by atomic mass is 32.1. The summed E-state index contributed by atoms with van der Waals surface area (Å²) in [7, 11) is 1.65. The van der Waals surface area contributed by atoms with Crippen LogP contribution in [0, 0.1) is 0 Å². The summed E-state index contributed by atoms with van der Waals surface area (Å²) < 4.78 is 7.21. The van der Waals surface area contributed by atoms with Gasteiger partial charge in [-0.25, -0.2) is 4.98 Å². The summed E-state index contributed by atoms with van der Waals surface area (Å²) >= 11 is 1.51. The van der Waals surface area contributed by atoms with Crippen molar-refractivity contribution in [2.75, 3.05) is 13.7 Å². The van der Waals surface area contributed by atoms with E-state index in [4.69, 9.17) is 4.74 Å². The third kappa shape index (κ3) is 2.91. The highest BCUT2D eigenvalue weighted by molar-refractivity contribution is 7.15. The molecule has 5 nitrogen and oxygen atoms in total. The van der Waals surface area contributed by atoms with E-state index in [2.05, 4.69) is 11.9 Å². The Morgan fingerprint density at radius 1 is 1.36 bits per heavy atom. The van der Waals surface area contributed by atoms with Crippen molar-refractivity contribution in [3.63, 3.8) is 0 Å². The smallest absolute Gasteiger partial charge is 0.271 e. The Balaban J connectivity index is 1.69. The number of amides is 1. The second kappa shape index (κ2) is 6.52. The average molecular weight is 355 g/mol. The van der Waals surface area contributed by atoms with Crippen LogP contribution < -0.4 is 4.74 Å². The van der Waals surface area contributed by atoms with Gasteiger partial charge in [0.15, 0.2) is 4.96 Å². The van der Waals surface area contributed by atoms with E-state index >= 15 is 0 Å².